The fourth-order valence-electron chi connectivity index (χ4n) is 9.44. The summed E-state index contributed by atoms with van der Waals surface area (Å²) in [6, 6.07) is 9.66. The molecule has 0 saturated carbocycles. The van der Waals surface area contributed by atoms with Crippen LogP contribution < -0.4 is 32.3 Å². The van der Waals surface area contributed by atoms with Crippen molar-refractivity contribution in [2.45, 2.75) is 200 Å². The largest absolute Gasteiger partial charge is 0.481 e. The quantitative estimate of drug-likeness (QED) is 0.0182. The first kappa shape index (κ1) is 65.5. The van der Waals surface area contributed by atoms with Gasteiger partial charge >= 0.3 is 24.0 Å². The number of primary amides is 1. The third-order valence-electron chi connectivity index (χ3n) is 13.6. The molecule has 0 aliphatic heterocycles. The van der Waals surface area contributed by atoms with Gasteiger partial charge < -0.3 is 52.0 Å². The van der Waals surface area contributed by atoms with E-state index in [0.29, 0.717) is 19.3 Å². The summed E-state index contributed by atoms with van der Waals surface area (Å²) in [6.45, 7) is 14.5. The molecule has 0 fully saturated rings. The zero-order valence-corrected chi connectivity index (χ0v) is 47.1. The molecule has 0 radical (unpaired) electrons. The summed E-state index contributed by atoms with van der Waals surface area (Å²) in [5.41, 5.74) is 9.47. The van der Waals surface area contributed by atoms with E-state index < -0.39 is 108 Å². The number of ether oxygens (including phenoxy) is 2. The molecule has 5 unspecified atom stereocenters. The van der Waals surface area contributed by atoms with E-state index in [2.05, 4.69) is 33.5 Å². The van der Waals surface area contributed by atoms with E-state index in [1.54, 1.807) is 40.7 Å². The molecule has 78 heavy (non-hydrogen) atoms. The molecule has 432 valence electrons. The number of nitrogens with two attached hydrogens (primary N) is 1. The van der Waals surface area contributed by atoms with Gasteiger partial charge in [-0.3, -0.25) is 33.6 Å². The normalized spacial score (nSPS) is 14.8. The number of amides is 6. The summed E-state index contributed by atoms with van der Waals surface area (Å²) in [7, 11) is 0. The number of unbranched alkanes of at least 4 members (excludes halogenated alkanes) is 8. The van der Waals surface area contributed by atoms with Crippen LogP contribution in [0.15, 0.2) is 60.7 Å². The lowest BCUT2D eigenvalue weighted by atomic mass is 9.98. The van der Waals surface area contributed by atoms with E-state index >= 15 is 0 Å². The number of benzene rings is 2. The number of carbonyl (C=O) groups is 9. The van der Waals surface area contributed by atoms with Gasteiger partial charge in [0.1, 0.15) is 36.9 Å². The molecule has 9 N–H and O–H groups in total. The molecule has 2 aromatic rings. The van der Waals surface area contributed by atoms with Crippen LogP contribution >= 0.6 is 0 Å². The number of fused-ring (bicyclic) bond motifs is 3. The summed E-state index contributed by atoms with van der Waals surface area (Å²) >= 11 is 0. The number of alkyl carbamates (subject to hydrolysis) is 1. The Morgan fingerprint density at radius 3 is 1.71 bits per heavy atom. The third-order valence-corrected chi connectivity index (χ3v) is 13.6. The topological polar surface area (TPSA) is 299 Å². The Morgan fingerprint density at radius 1 is 0.615 bits per heavy atom. The minimum Gasteiger partial charge on any atom is -0.481 e. The highest BCUT2D eigenvalue weighted by atomic mass is 16.6. The molecule has 0 bridgehead atoms. The van der Waals surface area contributed by atoms with Crippen LogP contribution in [0.5, 0.6) is 0 Å². The van der Waals surface area contributed by atoms with Crippen molar-refractivity contribution in [1.29, 1.82) is 0 Å². The molecule has 0 aromatic heterocycles. The van der Waals surface area contributed by atoms with Gasteiger partial charge in [0, 0.05) is 18.4 Å². The first-order chi connectivity index (χ1) is 37.0. The van der Waals surface area contributed by atoms with Gasteiger partial charge in [-0.25, -0.2) is 9.59 Å². The molecule has 3 rings (SSSR count). The van der Waals surface area contributed by atoms with Crippen molar-refractivity contribution in [2.24, 2.45) is 29.4 Å². The number of nitrogens with one attached hydrogen (secondary N) is 5. The van der Waals surface area contributed by atoms with Gasteiger partial charge in [-0.05, 0) is 79.0 Å². The Labute approximate surface area is 460 Å². The van der Waals surface area contributed by atoms with Crippen LogP contribution in [0.1, 0.15) is 175 Å². The number of carbonyl (C=O) groups excluding carboxylic acids is 7. The second-order valence-corrected chi connectivity index (χ2v) is 21.8. The van der Waals surface area contributed by atoms with Crippen LogP contribution in [0.4, 0.5) is 4.79 Å². The fraction of sp³-hybridized carbons (Fsp3) is 0.610. The molecule has 7 atom stereocenters. The van der Waals surface area contributed by atoms with E-state index in [1.807, 2.05) is 62.4 Å². The fourth-order valence-corrected chi connectivity index (χ4v) is 9.44. The summed E-state index contributed by atoms with van der Waals surface area (Å²) in [4.78, 5) is 117. The molecule has 0 saturated heterocycles. The van der Waals surface area contributed by atoms with Crippen LogP contribution in [0.25, 0.3) is 11.1 Å². The molecule has 19 heteroatoms. The number of rotatable bonds is 37. The zero-order chi connectivity index (χ0) is 57.9. The molecule has 1 aliphatic rings. The van der Waals surface area contributed by atoms with Crippen LogP contribution in [0.3, 0.4) is 0 Å². The lowest BCUT2D eigenvalue weighted by molar-refractivity contribution is -0.153. The second kappa shape index (κ2) is 34.2. The van der Waals surface area contributed by atoms with E-state index in [4.69, 9.17) is 15.2 Å². The Morgan fingerprint density at radius 2 is 1.17 bits per heavy atom. The van der Waals surface area contributed by atoms with Crippen LogP contribution in [0.2, 0.25) is 0 Å². The Balaban J connectivity index is 1.73. The number of hydrogen-bond donors (Lipinski definition) is 8. The molecule has 2 aromatic carbocycles. The van der Waals surface area contributed by atoms with Gasteiger partial charge in [-0.2, -0.15) is 0 Å². The van der Waals surface area contributed by atoms with Crippen molar-refractivity contribution in [3.8, 4) is 11.1 Å². The zero-order valence-electron chi connectivity index (χ0n) is 47.1. The van der Waals surface area contributed by atoms with Crippen LogP contribution in [-0.4, -0.2) is 107 Å². The molecule has 19 nitrogen and oxygen atoms in total. The third kappa shape index (κ3) is 23.4. The average molecular weight is 1090 g/mol. The van der Waals surface area contributed by atoms with Gasteiger partial charge in [0.15, 0.2) is 0 Å². The SMILES string of the molecule is CCCCCCCCCCCC(CC(=O)NC(CCC(N)=O)C(=O)NC(CC(C)C)C(=O)O)OC(=O)[C@@H](C)/C=C/[C@@H](CC(C)C)NC(=O)C(CC(=O)O)NC(=O)C(NC(=O)OCC1c2ccccc2-c2ccccc21)C(C)C. The molecule has 1 aliphatic carbocycles. The van der Waals surface area contributed by atoms with Gasteiger partial charge in [0.05, 0.1) is 18.8 Å². The van der Waals surface area contributed by atoms with Gasteiger partial charge in [-0.1, -0.05) is 161 Å². The van der Waals surface area contributed by atoms with Crippen molar-refractivity contribution >= 4 is 53.5 Å². The molecule has 0 spiro atoms. The standard InChI is InChI=1S/C59H88N6O13/c1-9-10-11-12-13-14-15-16-17-22-41(33-51(67)62-47(29-30-50(60)66)54(70)64-49(57(73)74)32-37(4)5)78-58(75)39(8)27-28-40(31-36(2)3)61-55(71)48(34-52(68)69)63-56(72)53(38(6)7)65-59(76)77-35-46-44-25-20-18-23-42(44)43-24-19-21-26-45(43)46/h18-21,23-28,36-41,46-49,53H,9-17,22,29-35H2,1-8H3,(H2,60,66)(H,61,71)(H,62,67)(H,63,72)(H,64,70)(H,65,76)(H,68,69)(H,73,74)/b28-27+/t39-,40-,41?,47?,48?,49?,53?/m0/s1. The number of hydrogen-bond acceptors (Lipinski definition) is 11. The van der Waals surface area contributed by atoms with Gasteiger partial charge in [0.2, 0.25) is 29.5 Å². The highest BCUT2D eigenvalue weighted by Gasteiger charge is 2.34. The van der Waals surface area contributed by atoms with E-state index in [0.717, 1.165) is 60.8 Å². The second-order valence-electron chi connectivity index (χ2n) is 21.8. The number of aliphatic carboxylic acids is 2. The molecular weight excluding hydrogens is 1000 g/mol. The van der Waals surface area contributed by atoms with Crippen LogP contribution in [0, 0.1) is 23.7 Å². The molecule has 0 heterocycles. The smallest absolute Gasteiger partial charge is 0.407 e. The maximum absolute atomic E-state index is 13.9. The Hall–Kier alpha value is -6.79. The predicted molar refractivity (Wildman–Crippen MR) is 296 cm³/mol. The van der Waals surface area contributed by atoms with Crippen molar-refractivity contribution in [1.82, 2.24) is 26.6 Å². The summed E-state index contributed by atoms with van der Waals surface area (Å²) in [5.74, 6) is -8.81. The predicted octanol–water partition coefficient (Wildman–Crippen LogP) is 7.82. The highest BCUT2D eigenvalue weighted by Crippen LogP contribution is 2.44. The van der Waals surface area contributed by atoms with Crippen molar-refractivity contribution in [2.75, 3.05) is 6.61 Å². The maximum Gasteiger partial charge on any atom is 0.407 e. The van der Waals surface area contributed by atoms with Crippen molar-refractivity contribution in [3.05, 3.63) is 71.8 Å². The number of esters is 1. The van der Waals surface area contributed by atoms with E-state index in [9.17, 15) is 53.4 Å². The minimum atomic E-state index is -1.56. The summed E-state index contributed by atoms with van der Waals surface area (Å²) in [5, 5.41) is 32.6. The van der Waals surface area contributed by atoms with Crippen molar-refractivity contribution in [3.63, 3.8) is 0 Å². The monoisotopic (exact) mass is 1090 g/mol. The van der Waals surface area contributed by atoms with Gasteiger partial charge in [-0.15, -0.1) is 0 Å². The molecule has 6 amide bonds. The number of carboxylic acids is 2. The summed E-state index contributed by atoms with van der Waals surface area (Å²) < 4.78 is 11.6. The Kier molecular flexibility index (Phi) is 28.7. The van der Waals surface area contributed by atoms with Crippen LogP contribution in [-0.2, 0) is 47.8 Å². The minimum absolute atomic E-state index is 0.000203. The average Bonchev–Trinajstić information content (AvgIpc) is 3.77. The van der Waals surface area contributed by atoms with E-state index in [-0.39, 0.29) is 50.0 Å². The summed E-state index contributed by atoms with van der Waals surface area (Å²) in [6.07, 6.45) is 9.79. The van der Waals surface area contributed by atoms with E-state index in [1.165, 1.54) is 18.9 Å². The molecular formula is C59H88N6O13. The Bertz CT molecular complexity index is 2290. The highest BCUT2D eigenvalue weighted by molar-refractivity contribution is 5.94. The maximum atomic E-state index is 13.9. The lowest BCUT2D eigenvalue weighted by Gasteiger charge is -2.26. The number of carboxylic acid groups (broad SMARTS) is 2. The van der Waals surface area contributed by atoms with Crippen molar-refractivity contribution < 1.29 is 62.8 Å². The first-order valence-electron chi connectivity index (χ1n) is 27.9. The first-order valence-corrected chi connectivity index (χ1v) is 27.9. The van der Waals surface area contributed by atoms with Gasteiger partial charge in [0.25, 0.3) is 0 Å². The lowest BCUT2D eigenvalue weighted by Crippen LogP contribution is -2.56.